The van der Waals surface area contributed by atoms with Crippen molar-refractivity contribution in [2.24, 2.45) is 5.14 Å². The number of carbonyl (C=O) groups is 1. The first-order valence-corrected chi connectivity index (χ1v) is 9.98. The van der Waals surface area contributed by atoms with Crippen LogP contribution in [0.2, 0.25) is 0 Å². The quantitative estimate of drug-likeness (QED) is 0.710. The third kappa shape index (κ3) is 5.89. The number of aromatic nitrogens is 1. The third-order valence-corrected chi connectivity index (χ3v) is 5.57. The van der Waals surface area contributed by atoms with Gasteiger partial charge in [-0.15, -0.1) is 11.3 Å². The highest BCUT2D eigenvalue weighted by atomic mass is 32.2. The Morgan fingerprint density at radius 1 is 1.32 bits per heavy atom. The van der Waals surface area contributed by atoms with E-state index in [0.29, 0.717) is 19.6 Å². The molecular formula is C16H21N3O4S2. The first-order chi connectivity index (χ1) is 11.8. The van der Waals surface area contributed by atoms with Crippen LogP contribution in [0.3, 0.4) is 0 Å². The highest BCUT2D eigenvalue weighted by molar-refractivity contribution is 7.89. The molecule has 7 nitrogen and oxygen atoms in total. The summed E-state index contributed by atoms with van der Waals surface area (Å²) >= 11 is 1.48. The van der Waals surface area contributed by atoms with E-state index in [2.05, 4.69) is 10.3 Å². The molecule has 0 radical (unpaired) electrons. The van der Waals surface area contributed by atoms with Crippen LogP contribution < -0.4 is 10.5 Å². The Labute approximate surface area is 151 Å². The molecule has 0 aliphatic heterocycles. The number of hydrogen-bond acceptors (Lipinski definition) is 6. The standard InChI is InChI=1S/C16H21N3O4S2/c1-11-14(24-16(19-11)10-23-2)9-15(20)18-8-7-12-3-5-13(6-4-12)25(17,21)22/h3-6H,7-10H2,1-2H3,(H,18,20)(H2,17,21,22). The number of nitrogens with one attached hydrogen (secondary N) is 1. The molecule has 9 heteroatoms. The van der Waals surface area contributed by atoms with Crippen LogP contribution in [0.4, 0.5) is 0 Å². The minimum Gasteiger partial charge on any atom is -0.378 e. The van der Waals surface area contributed by atoms with Crippen LogP contribution in [0.25, 0.3) is 0 Å². The van der Waals surface area contributed by atoms with E-state index in [1.54, 1.807) is 19.2 Å². The van der Waals surface area contributed by atoms with Crippen LogP contribution in [0.5, 0.6) is 0 Å². The zero-order chi connectivity index (χ0) is 18.4. The van der Waals surface area contributed by atoms with Crippen LogP contribution in [0.15, 0.2) is 29.2 Å². The lowest BCUT2D eigenvalue weighted by Gasteiger charge is -2.06. The molecule has 1 amide bonds. The van der Waals surface area contributed by atoms with Crippen LogP contribution in [0, 0.1) is 6.92 Å². The highest BCUT2D eigenvalue weighted by Gasteiger charge is 2.12. The minimum atomic E-state index is -3.68. The molecule has 0 atom stereocenters. The molecule has 2 aromatic rings. The van der Waals surface area contributed by atoms with Gasteiger partial charge in [0.2, 0.25) is 15.9 Å². The predicted molar refractivity (Wildman–Crippen MR) is 95.8 cm³/mol. The Morgan fingerprint density at radius 3 is 2.60 bits per heavy atom. The maximum atomic E-state index is 12.0. The smallest absolute Gasteiger partial charge is 0.238 e. The van der Waals surface area contributed by atoms with E-state index in [1.165, 1.54) is 23.5 Å². The lowest BCUT2D eigenvalue weighted by atomic mass is 10.1. The molecule has 0 spiro atoms. The minimum absolute atomic E-state index is 0.0723. The van der Waals surface area contributed by atoms with E-state index in [4.69, 9.17) is 9.88 Å². The van der Waals surface area contributed by atoms with Crippen LogP contribution in [-0.4, -0.2) is 33.0 Å². The second-order valence-corrected chi connectivity index (χ2v) is 8.24. The maximum Gasteiger partial charge on any atom is 0.238 e. The molecule has 0 aliphatic rings. The van der Waals surface area contributed by atoms with Gasteiger partial charge in [0, 0.05) is 18.5 Å². The molecule has 0 unspecified atom stereocenters. The Bertz CT molecular complexity index is 830. The number of nitrogens with two attached hydrogens (primary N) is 1. The first kappa shape index (κ1) is 19.5. The molecule has 0 bridgehead atoms. The van der Waals surface area contributed by atoms with Crippen molar-refractivity contribution >= 4 is 27.3 Å². The predicted octanol–water partition coefficient (Wildman–Crippen LogP) is 1.15. The largest absolute Gasteiger partial charge is 0.378 e. The zero-order valence-electron chi connectivity index (χ0n) is 14.1. The second-order valence-electron chi connectivity index (χ2n) is 5.51. The number of carbonyl (C=O) groups excluding carboxylic acids is 1. The molecule has 0 aliphatic carbocycles. The van der Waals surface area contributed by atoms with Crippen molar-refractivity contribution in [3.63, 3.8) is 0 Å². The fourth-order valence-electron chi connectivity index (χ4n) is 2.24. The number of amides is 1. The van der Waals surface area contributed by atoms with Gasteiger partial charge in [-0.05, 0) is 31.0 Å². The topological polar surface area (TPSA) is 111 Å². The number of methoxy groups -OCH3 is 1. The number of primary sulfonamides is 1. The van der Waals surface area contributed by atoms with Crippen molar-refractivity contribution < 1.29 is 17.9 Å². The number of rotatable bonds is 8. The van der Waals surface area contributed by atoms with E-state index < -0.39 is 10.0 Å². The van der Waals surface area contributed by atoms with Gasteiger partial charge < -0.3 is 10.1 Å². The third-order valence-electron chi connectivity index (χ3n) is 3.51. The molecule has 1 heterocycles. The zero-order valence-corrected chi connectivity index (χ0v) is 15.7. The lowest BCUT2D eigenvalue weighted by Crippen LogP contribution is -2.27. The summed E-state index contributed by atoms with van der Waals surface area (Å²) in [4.78, 5) is 17.4. The summed E-state index contributed by atoms with van der Waals surface area (Å²) in [6.45, 7) is 2.79. The Kier molecular flexibility index (Phi) is 6.65. The van der Waals surface area contributed by atoms with Crippen LogP contribution in [-0.2, 0) is 39.0 Å². The van der Waals surface area contributed by atoms with Gasteiger partial charge in [0.15, 0.2) is 0 Å². The number of ether oxygens (including phenoxy) is 1. The number of aryl methyl sites for hydroxylation is 1. The maximum absolute atomic E-state index is 12.0. The summed E-state index contributed by atoms with van der Waals surface area (Å²) in [5, 5.41) is 8.77. The number of nitrogens with zero attached hydrogens (tertiary/aromatic N) is 1. The molecule has 2 rings (SSSR count). The van der Waals surface area contributed by atoms with Crippen molar-refractivity contribution in [3.05, 3.63) is 45.4 Å². The second kappa shape index (κ2) is 8.52. The van der Waals surface area contributed by atoms with Crippen molar-refractivity contribution in [1.82, 2.24) is 10.3 Å². The summed E-state index contributed by atoms with van der Waals surface area (Å²) in [5.41, 5.74) is 1.77. The van der Waals surface area contributed by atoms with Crippen LogP contribution >= 0.6 is 11.3 Å². The summed E-state index contributed by atoms with van der Waals surface area (Å²) in [6.07, 6.45) is 0.894. The summed E-state index contributed by atoms with van der Waals surface area (Å²) in [7, 11) is -2.07. The van der Waals surface area contributed by atoms with Crippen LogP contribution in [0.1, 0.15) is 21.1 Å². The molecule has 3 N–H and O–H groups in total. The molecule has 25 heavy (non-hydrogen) atoms. The molecule has 0 saturated carbocycles. The van der Waals surface area contributed by atoms with Gasteiger partial charge >= 0.3 is 0 Å². The normalized spacial score (nSPS) is 11.5. The fourth-order valence-corrected chi connectivity index (χ4v) is 3.79. The van der Waals surface area contributed by atoms with Gasteiger partial charge in [-0.1, -0.05) is 12.1 Å². The average Bonchev–Trinajstić information content (AvgIpc) is 2.87. The number of thiazole rings is 1. The van der Waals surface area contributed by atoms with Crippen molar-refractivity contribution in [3.8, 4) is 0 Å². The molecule has 136 valence electrons. The Hall–Kier alpha value is -1.81. The van der Waals surface area contributed by atoms with E-state index in [0.717, 1.165) is 21.1 Å². The summed E-state index contributed by atoms with van der Waals surface area (Å²) in [5.74, 6) is -0.0723. The molecule has 0 saturated heterocycles. The summed E-state index contributed by atoms with van der Waals surface area (Å²) in [6, 6.07) is 6.31. The number of hydrogen-bond donors (Lipinski definition) is 2. The van der Waals surface area contributed by atoms with Gasteiger partial charge in [0.1, 0.15) is 5.01 Å². The van der Waals surface area contributed by atoms with Gasteiger partial charge in [-0.3, -0.25) is 4.79 Å². The SMILES string of the molecule is COCc1nc(C)c(CC(=O)NCCc2ccc(S(N)(=O)=O)cc2)s1. The van der Waals surface area contributed by atoms with E-state index >= 15 is 0 Å². The molecular weight excluding hydrogens is 362 g/mol. The molecule has 1 aromatic carbocycles. The lowest BCUT2D eigenvalue weighted by molar-refractivity contribution is -0.120. The van der Waals surface area contributed by atoms with Crippen molar-refractivity contribution in [2.45, 2.75) is 31.3 Å². The monoisotopic (exact) mass is 383 g/mol. The fraction of sp³-hybridized carbons (Fsp3) is 0.375. The van der Waals surface area contributed by atoms with E-state index in [-0.39, 0.29) is 17.2 Å². The Morgan fingerprint density at radius 2 is 2.00 bits per heavy atom. The van der Waals surface area contributed by atoms with Gasteiger partial charge in [-0.25, -0.2) is 18.5 Å². The van der Waals surface area contributed by atoms with E-state index in [9.17, 15) is 13.2 Å². The highest BCUT2D eigenvalue weighted by Crippen LogP contribution is 2.19. The Balaban J connectivity index is 1.82. The van der Waals surface area contributed by atoms with Crippen molar-refractivity contribution in [1.29, 1.82) is 0 Å². The number of sulfonamides is 1. The van der Waals surface area contributed by atoms with Gasteiger partial charge in [0.25, 0.3) is 0 Å². The molecule has 1 aromatic heterocycles. The molecule has 0 fully saturated rings. The average molecular weight is 383 g/mol. The van der Waals surface area contributed by atoms with E-state index in [1.807, 2.05) is 6.92 Å². The van der Waals surface area contributed by atoms with Crippen molar-refractivity contribution in [2.75, 3.05) is 13.7 Å². The number of benzene rings is 1. The summed E-state index contributed by atoms with van der Waals surface area (Å²) < 4.78 is 27.4. The first-order valence-electron chi connectivity index (χ1n) is 7.62. The van der Waals surface area contributed by atoms with Gasteiger partial charge in [0.05, 0.1) is 23.6 Å². The van der Waals surface area contributed by atoms with Gasteiger partial charge in [-0.2, -0.15) is 0 Å².